The zero-order chi connectivity index (χ0) is 10.7. The highest BCUT2D eigenvalue weighted by molar-refractivity contribution is 5.62. The van der Waals surface area contributed by atoms with E-state index in [-0.39, 0.29) is 0 Å². The van der Waals surface area contributed by atoms with Crippen molar-refractivity contribution in [2.45, 2.75) is 13.5 Å². The molecular weight excluding hydrogens is 184 g/mol. The molecule has 0 spiro atoms. The fraction of sp³-hybridized carbons (Fsp3) is 0.154. The Labute approximate surface area is 89.6 Å². The van der Waals surface area contributed by atoms with Gasteiger partial charge in [-0.2, -0.15) is 5.10 Å². The van der Waals surface area contributed by atoms with E-state index < -0.39 is 0 Å². The monoisotopic (exact) mass is 196 g/mol. The SMILES string of the molecule is C#CCn1cc(-c2cccc(C)c2)cn1. The van der Waals surface area contributed by atoms with Gasteiger partial charge in [-0.1, -0.05) is 35.7 Å². The fourth-order valence-electron chi connectivity index (χ4n) is 1.52. The molecule has 0 fully saturated rings. The largest absolute Gasteiger partial charge is 0.260 e. The van der Waals surface area contributed by atoms with Crippen molar-refractivity contribution < 1.29 is 0 Å². The molecule has 0 aliphatic rings. The lowest BCUT2D eigenvalue weighted by Gasteiger charge is -1.98. The quantitative estimate of drug-likeness (QED) is 0.675. The van der Waals surface area contributed by atoms with Gasteiger partial charge in [-0.25, -0.2) is 0 Å². The molecule has 2 heteroatoms. The summed E-state index contributed by atoms with van der Waals surface area (Å²) in [5.74, 6) is 2.56. The molecule has 0 saturated heterocycles. The number of aryl methyl sites for hydroxylation is 1. The van der Waals surface area contributed by atoms with Gasteiger partial charge in [0.15, 0.2) is 0 Å². The maximum atomic E-state index is 5.22. The van der Waals surface area contributed by atoms with Crippen LogP contribution in [0.25, 0.3) is 11.1 Å². The van der Waals surface area contributed by atoms with Crippen molar-refractivity contribution in [2.75, 3.05) is 0 Å². The molecule has 0 saturated carbocycles. The van der Waals surface area contributed by atoms with Crippen LogP contribution in [0.2, 0.25) is 0 Å². The van der Waals surface area contributed by atoms with Gasteiger partial charge in [0.25, 0.3) is 0 Å². The normalized spacial score (nSPS) is 9.87. The molecule has 0 radical (unpaired) electrons. The van der Waals surface area contributed by atoms with E-state index in [1.54, 1.807) is 4.68 Å². The molecule has 0 bridgehead atoms. The standard InChI is InChI=1S/C13H12N2/c1-3-7-15-10-13(9-14-15)12-6-4-5-11(2)8-12/h1,4-6,8-10H,7H2,2H3. The molecule has 2 nitrogen and oxygen atoms in total. The first-order valence-electron chi connectivity index (χ1n) is 4.82. The summed E-state index contributed by atoms with van der Waals surface area (Å²) in [5.41, 5.74) is 3.53. The van der Waals surface area contributed by atoms with E-state index >= 15 is 0 Å². The number of aromatic nitrogens is 2. The summed E-state index contributed by atoms with van der Waals surface area (Å²) in [5, 5.41) is 4.19. The molecule has 0 aliphatic heterocycles. The van der Waals surface area contributed by atoms with Gasteiger partial charge in [-0.15, -0.1) is 6.42 Å². The second-order valence-electron chi connectivity index (χ2n) is 3.50. The topological polar surface area (TPSA) is 17.8 Å². The van der Waals surface area contributed by atoms with Gasteiger partial charge in [-0.3, -0.25) is 4.68 Å². The number of terminal acetylenes is 1. The maximum Gasteiger partial charge on any atom is 0.101 e. The summed E-state index contributed by atoms with van der Waals surface area (Å²) in [6.07, 6.45) is 9.03. The van der Waals surface area contributed by atoms with Crippen molar-refractivity contribution >= 4 is 0 Å². The van der Waals surface area contributed by atoms with Crippen molar-refractivity contribution in [3.63, 3.8) is 0 Å². The molecular formula is C13H12N2. The highest BCUT2D eigenvalue weighted by atomic mass is 15.3. The van der Waals surface area contributed by atoms with Crippen LogP contribution in [0.15, 0.2) is 36.7 Å². The Kier molecular flexibility index (Phi) is 2.55. The first-order valence-corrected chi connectivity index (χ1v) is 4.82. The molecule has 2 rings (SSSR count). The first-order chi connectivity index (χ1) is 7.29. The lowest BCUT2D eigenvalue weighted by molar-refractivity contribution is 0.716. The van der Waals surface area contributed by atoms with Crippen LogP contribution in [0.3, 0.4) is 0 Å². The van der Waals surface area contributed by atoms with Crippen molar-refractivity contribution in [2.24, 2.45) is 0 Å². The summed E-state index contributed by atoms with van der Waals surface area (Å²) in [7, 11) is 0. The Morgan fingerprint density at radius 2 is 2.27 bits per heavy atom. The summed E-state index contributed by atoms with van der Waals surface area (Å²) in [6, 6.07) is 8.33. The van der Waals surface area contributed by atoms with Crippen molar-refractivity contribution in [1.82, 2.24) is 9.78 Å². The average Bonchev–Trinajstić information content (AvgIpc) is 2.67. The zero-order valence-electron chi connectivity index (χ0n) is 8.64. The van der Waals surface area contributed by atoms with Crippen LogP contribution < -0.4 is 0 Å². The third-order valence-electron chi connectivity index (χ3n) is 2.24. The number of benzene rings is 1. The second-order valence-corrected chi connectivity index (χ2v) is 3.50. The van der Waals surface area contributed by atoms with E-state index in [1.807, 2.05) is 18.5 Å². The molecule has 0 unspecified atom stereocenters. The zero-order valence-corrected chi connectivity index (χ0v) is 8.64. The average molecular weight is 196 g/mol. The third kappa shape index (κ3) is 2.08. The van der Waals surface area contributed by atoms with Crippen molar-refractivity contribution in [3.8, 4) is 23.5 Å². The summed E-state index contributed by atoms with van der Waals surface area (Å²) >= 11 is 0. The lowest BCUT2D eigenvalue weighted by Crippen LogP contribution is -1.93. The van der Waals surface area contributed by atoms with Crippen LogP contribution in [-0.2, 0) is 6.54 Å². The highest BCUT2D eigenvalue weighted by Gasteiger charge is 2.00. The van der Waals surface area contributed by atoms with Crippen molar-refractivity contribution in [3.05, 3.63) is 42.2 Å². The van der Waals surface area contributed by atoms with E-state index in [9.17, 15) is 0 Å². The van der Waals surface area contributed by atoms with Crippen molar-refractivity contribution in [1.29, 1.82) is 0 Å². The number of rotatable bonds is 2. The Morgan fingerprint density at radius 3 is 3.00 bits per heavy atom. The van der Waals surface area contributed by atoms with Crippen LogP contribution >= 0.6 is 0 Å². The van der Waals surface area contributed by atoms with Crippen LogP contribution in [0, 0.1) is 19.3 Å². The van der Waals surface area contributed by atoms with Gasteiger partial charge >= 0.3 is 0 Å². The minimum absolute atomic E-state index is 0.520. The lowest BCUT2D eigenvalue weighted by atomic mass is 10.1. The number of hydrogen-bond acceptors (Lipinski definition) is 1. The molecule has 1 heterocycles. The number of nitrogens with zero attached hydrogens (tertiary/aromatic N) is 2. The second kappa shape index (κ2) is 4.02. The molecule has 0 aliphatic carbocycles. The Morgan fingerprint density at radius 1 is 1.40 bits per heavy atom. The van der Waals surface area contributed by atoms with Gasteiger partial charge in [0.1, 0.15) is 6.54 Å². The predicted octanol–water partition coefficient (Wildman–Crippen LogP) is 2.49. The van der Waals surface area contributed by atoms with E-state index in [0.29, 0.717) is 6.54 Å². The van der Waals surface area contributed by atoms with Gasteiger partial charge < -0.3 is 0 Å². The molecule has 0 atom stereocenters. The molecule has 1 aromatic heterocycles. The highest BCUT2D eigenvalue weighted by Crippen LogP contribution is 2.19. The van der Waals surface area contributed by atoms with Crippen LogP contribution in [0.4, 0.5) is 0 Å². The van der Waals surface area contributed by atoms with Gasteiger partial charge in [0.2, 0.25) is 0 Å². The Balaban J connectivity index is 2.34. The Bertz CT molecular complexity index is 503. The molecule has 2 aromatic rings. The molecule has 0 N–H and O–H groups in total. The van der Waals surface area contributed by atoms with Gasteiger partial charge in [0, 0.05) is 11.8 Å². The molecule has 1 aromatic carbocycles. The molecule has 74 valence electrons. The predicted molar refractivity (Wildman–Crippen MR) is 61.2 cm³/mol. The molecule has 0 amide bonds. The van der Waals surface area contributed by atoms with Crippen LogP contribution in [0.5, 0.6) is 0 Å². The van der Waals surface area contributed by atoms with Gasteiger partial charge in [0.05, 0.1) is 6.20 Å². The first kappa shape index (κ1) is 9.54. The van der Waals surface area contributed by atoms with Crippen LogP contribution in [0.1, 0.15) is 5.56 Å². The smallest absolute Gasteiger partial charge is 0.101 e. The minimum atomic E-state index is 0.520. The Hall–Kier alpha value is -2.01. The maximum absolute atomic E-state index is 5.22. The van der Waals surface area contributed by atoms with E-state index in [0.717, 1.165) is 5.56 Å². The third-order valence-corrected chi connectivity index (χ3v) is 2.24. The van der Waals surface area contributed by atoms with E-state index in [4.69, 9.17) is 6.42 Å². The minimum Gasteiger partial charge on any atom is -0.260 e. The van der Waals surface area contributed by atoms with E-state index in [1.165, 1.54) is 11.1 Å². The van der Waals surface area contributed by atoms with Crippen LogP contribution in [-0.4, -0.2) is 9.78 Å². The summed E-state index contributed by atoms with van der Waals surface area (Å²) in [6.45, 7) is 2.60. The van der Waals surface area contributed by atoms with Gasteiger partial charge in [-0.05, 0) is 12.5 Å². The van der Waals surface area contributed by atoms with E-state index in [2.05, 4.69) is 36.1 Å². The summed E-state index contributed by atoms with van der Waals surface area (Å²) < 4.78 is 1.76. The number of hydrogen-bond donors (Lipinski definition) is 0. The fourth-order valence-corrected chi connectivity index (χ4v) is 1.52. The summed E-state index contributed by atoms with van der Waals surface area (Å²) in [4.78, 5) is 0. The molecule has 15 heavy (non-hydrogen) atoms.